The number of ether oxygens (including phenoxy) is 1. The topological polar surface area (TPSA) is 97.6 Å². The number of nitrogens with one attached hydrogen (secondary N) is 1. The van der Waals surface area contributed by atoms with Gasteiger partial charge in [-0.25, -0.2) is 0 Å². The molecule has 0 bridgehead atoms. The molecule has 0 saturated carbocycles. The summed E-state index contributed by atoms with van der Waals surface area (Å²) < 4.78 is 10.6. The first kappa shape index (κ1) is 19.9. The predicted octanol–water partition coefficient (Wildman–Crippen LogP) is 2.39. The molecule has 0 aliphatic carbocycles. The highest BCUT2D eigenvalue weighted by molar-refractivity contribution is 5.85. The van der Waals surface area contributed by atoms with Crippen LogP contribution >= 0.6 is 0 Å². The number of carbonyl (C=O) groups is 2. The zero-order valence-electron chi connectivity index (χ0n) is 16.5. The second-order valence-corrected chi connectivity index (χ2v) is 6.72. The summed E-state index contributed by atoms with van der Waals surface area (Å²) in [5.74, 6) is 1.25. The molecule has 1 aromatic carbocycles. The number of amides is 2. The van der Waals surface area contributed by atoms with Gasteiger partial charge in [0.05, 0.1) is 25.1 Å². The molecular weight excluding hydrogens is 360 g/mol. The monoisotopic (exact) mass is 386 g/mol. The maximum Gasteiger partial charge on any atom is 0.246 e. The van der Waals surface area contributed by atoms with Crippen molar-refractivity contribution in [2.45, 2.75) is 46.2 Å². The minimum Gasteiger partial charge on any atom is -0.494 e. The molecule has 150 valence electrons. The van der Waals surface area contributed by atoms with Crippen molar-refractivity contribution in [1.82, 2.24) is 20.4 Å². The number of likely N-dealkylation sites (tertiary alicyclic amines) is 1. The third-order valence-electron chi connectivity index (χ3n) is 4.90. The van der Waals surface area contributed by atoms with Gasteiger partial charge in [0.2, 0.25) is 17.7 Å². The van der Waals surface area contributed by atoms with Crippen LogP contribution in [0.1, 0.15) is 50.0 Å². The van der Waals surface area contributed by atoms with Crippen molar-refractivity contribution in [2.75, 3.05) is 13.2 Å². The molecule has 1 aliphatic rings. The van der Waals surface area contributed by atoms with Crippen LogP contribution in [0.2, 0.25) is 0 Å². The van der Waals surface area contributed by atoms with E-state index in [1.54, 1.807) is 11.8 Å². The Hall–Kier alpha value is -2.90. The maximum atomic E-state index is 12.9. The summed E-state index contributed by atoms with van der Waals surface area (Å²) in [6, 6.07) is 7.30. The van der Waals surface area contributed by atoms with Gasteiger partial charge in [0.25, 0.3) is 0 Å². The molecule has 3 rings (SSSR count). The van der Waals surface area contributed by atoms with Crippen LogP contribution in [0.5, 0.6) is 5.75 Å². The molecule has 2 atom stereocenters. The van der Waals surface area contributed by atoms with Crippen molar-refractivity contribution in [3.8, 4) is 5.75 Å². The van der Waals surface area contributed by atoms with Gasteiger partial charge in [-0.05, 0) is 44.9 Å². The number of nitrogens with zero attached hydrogens (tertiary/aromatic N) is 3. The Kier molecular flexibility index (Phi) is 6.28. The molecule has 2 aromatic rings. The van der Waals surface area contributed by atoms with E-state index in [9.17, 15) is 9.59 Å². The SMILES string of the molecule is CCOc1ccc([C@H]2[C@H](C(=O)NCc3nc(C)no3)CCC(=O)N2CC)cc1. The molecule has 0 spiro atoms. The summed E-state index contributed by atoms with van der Waals surface area (Å²) >= 11 is 0. The van der Waals surface area contributed by atoms with Gasteiger partial charge in [-0.2, -0.15) is 4.98 Å². The lowest BCUT2D eigenvalue weighted by molar-refractivity contribution is -0.143. The minimum atomic E-state index is -0.348. The lowest BCUT2D eigenvalue weighted by Gasteiger charge is -2.40. The molecule has 1 saturated heterocycles. The molecular formula is C20H26N4O4. The van der Waals surface area contributed by atoms with Gasteiger partial charge in [-0.15, -0.1) is 0 Å². The summed E-state index contributed by atoms with van der Waals surface area (Å²) in [4.78, 5) is 31.3. The van der Waals surface area contributed by atoms with Crippen molar-refractivity contribution in [3.05, 3.63) is 41.5 Å². The molecule has 1 aromatic heterocycles. The second kappa shape index (κ2) is 8.86. The first-order valence-electron chi connectivity index (χ1n) is 9.62. The Morgan fingerprint density at radius 2 is 2.07 bits per heavy atom. The molecule has 1 fully saturated rings. The average molecular weight is 386 g/mol. The van der Waals surface area contributed by atoms with E-state index in [0.717, 1.165) is 11.3 Å². The van der Waals surface area contributed by atoms with Crippen molar-refractivity contribution in [2.24, 2.45) is 5.92 Å². The normalized spacial score (nSPS) is 19.5. The first-order valence-corrected chi connectivity index (χ1v) is 9.62. The number of aromatic nitrogens is 2. The molecule has 1 N–H and O–H groups in total. The van der Waals surface area contributed by atoms with Crippen LogP contribution in [-0.2, 0) is 16.1 Å². The number of aryl methyl sites for hydroxylation is 1. The fraction of sp³-hybridized carbons (Fsp3) is 0.500. The second-order valence-electron chi connectivity index (χ2n) is 6.72. The van der Waals surface area contributed by atoms with Gasteiger partial charge in [-0.1, -0.05) is 17.3 Å². The Morgan fingerprint density at radius 3 is 2.68 bits per heavy atom. The predicted molar refractivity (Wildman–Crippen MR) is 101 cm³/mol. The van der Waals surface area contributed by atoms with Gasteiger partial charge in [-0.3, -0.25) is 9.59 Å². The smallest absolute Gasteiger partial charge is 0.246 e. The van der Waals surface area contributed by atoms with Crippen molar-refractivity contribution >= 4 is 11.8 Å². The van der Waals surface area contributed by atoms with Crippen LogP contribution in [0.3, 0.4) is 0 Å². The number of piperidine rings is 1. The fourth-order valence-corrected chi connectivity index (χ4v) is 3.65. The van der Waals surface area contributed by atoms with Crippen LogP contribution in [0.15, 0.2) is 28.8 Å². The van der Waals surface area contributed by atoms with Gasteiger partial charge >= 0.3 is 0 Å². The summed E-state index contributed by atoms with van der Waals surface area (Å²) in [7, 11) is 0. The summed E-state index contributed by atoms with van der Waals surface area (Å²) in [6.45, 7) is 6.89. The molecule has 8 heteroatoms. The van der Waals surface area contributed by atoms with Crippen LogP contribution in [0.25, 0.3) is 0 Å². The molecule has 8 nitrogen and oxygen atoms in total. The molecule has 0 radical (unpaired) electrons. The van der Waals surface area contributed by atoms with Crippen LogP contribution in [0.4, 0.5) is 0 Å². The zero-order chi connectivity index (χ0) is 20.1. The van der Waals surface area contributed by atoms with Crippen LogP contribution in [-0.4, -0.2) is 40.0 Å². The largest absolute Gasteiger partial charge is 0.494 e. The number of hydrogen-bond acceptors (Lipinski definition) is 6. The van der Waals surface area contributed by atoms with Gasteiger partial charge < -0.3 is 19.5 Å². The zero-order valence-corrected chi connectivity index (χ0v) is 16.5. The maximum absolute atomic E-state index is 12.9. The van der Waals surface area contributed by atoms with Crippen LogP contribution < -0.4 is 10.1 Å². The van der Waals surface area contributed by atoms with Gasteiger partial charge in [0, 0.05) is 13.0 Å². The highest BCUT2D eigenvalue weighted by Gasteiger charge is 2.39. The fourth-order valence-electron chi connectivity index (χ4n) is 3.65. The van der Waals surface area contributed by atoms with E-state index in [-0.39, 0.29) is 30.3 Å². The Bertz CT molecular complexity index is 818. The number of carbonyl (C=O) groups excluding carboxylic acids is 2. The van der Waals surface area contributed by atoms with Crippen LogP contribution in [0, 0.1) is 12.8 Å². The lowest BCUT2D eigenvalue weighted by Crippen LogP contribution is -2.47. The third kappa shape index (κ3) is 4.32. The van der Waals surface area contributed by atoms with E-state index < -0.39 is 0 Å². The molecule has 2 amide bonds. The Morgan fingerprint density at radius 1 is 1.32 bits per heavy atom. The van der Waals surface area contributed by atoms with Gasteiger partial charge in [0.1, 0.15) is 5.75 Å². The van der Waals surface area contributed by atoms with E-state index in [1.807, 2.05) is 38.1 Å². The molecule has 1 aliphatic heterocycles. The lowest BCUT2D eigenvalue weighted by atomic mass is 9.83. The van der Waals surface area contributed by atoms with E-state index in [2.05, 4.69) is 15.5 Å². The molecule has 28 heavy (non-hydrogen) atoms. The molecule has 2 heterocycles. The highest BCUT2D eigenvalue weighted by atomic mass is 16.5. The first-order chi connectivity index (χ1) is 13.5. The number of rotatable bonds is 7. The van der Waals surface area contributed by atoms with Gasteiger partial charge in [0.15, 0.2) is 5.82 Å². The van der Waals surface area contributed by atoms with Crippen molar-refractivity contribution < 1.29 is 18.8 Å². The Labute approximate surface area is 164 Å². The summed E-state index contributed by atoms with van der Waals surface area (Å²) in [6.07, 6.45) is 0.862. The van der Waals surface area contributed by atoms with E-state index >= 15 is 0 Å². The molecule has 0 unspecified atom stereocenters. The third-order valence-corrected chi connectivity index (χ3v) is 4.90. The van der Waals surface area contributed by atoms with Crippen molar-refractivity contribution in [1.29, 1.82) is 0 Å². The Balaban J connectivity index is 1.80. The summed E-state index contributed by atoms with van der Waals surface area (Å²) in [5, 5.41) is 6.60. The van der Waals surface area contributed by atoms with E-state index in [1.165, 1.54) is 0 Å². The average Bonchev–Trinajstić information content (AvgIpc) is 3.12. The number of hydrogen-bond donors (Lipinski definition) is 1. The van der Waals surface area contributed by atoms with E-state index in [0.29, 0.717) is 37.7 Å². The minimum absolute atomic E-state index is 0.0676. The number of benzene rings is 1. The highest BCUT2D eigenvalue weighted by Crippen LogP contribution is 2.37. The van der Waals surface area contributed by atoms with E-state index in [4.69, 9.17) is 9.26 Å². The van der Waals surface area contributed by atoms with Crippen molar-refractivity contribution in [3.63, 3.8) is 0 Å². The quantitative estimate of drug-likeness (QED) is 0.785. The summed E-state index contributed by atoms with van der Waals surface area (Å²) in [5.41, 5.74) is 0.923. The standard InChI is InChI=1S/C20H26N4O4/c1-4-24-18(25)11-10-16(20(26)21-12-17-22-13(3)23-28-17)19(24)14-6-8-15(9-7-14)27-5-2/h6-9,16,19H,4-5,10-12H2,1-3H3,(H,21,26)/t16-,19+/m1/s1.